The standard InChI is InChI=1S/C26H23BrF3N3O2/c1-25(31,15-34)24-32-22(23(27)33-24)19-11-12-21(20(13-19)26(28,29)30)35-14-16-7-9-18(10-8-16)17-5-3-2-4-6-17/h2-13,34H,14-15,31H2,1H3,(H,32,33)/t25-/m0/s1. The molecule has 0 unspecified atom stereocenters. The maximum atomic E-state index is 13.9. The second-order valence-electron chi connectivity index (χ2n) is 8.38. The molecule has 0 aliphatic heterocycles. The molecule has 1 heterocycles. The highest BCUT2D eigenvalue weighted by atomic mass is 79.9. The Balaban J connectivity index is 1.58. The van der Waals surface area contributed by atoms with Gasteiger partial charge in [-0.2, -0.15) is 13.2 Å². The number of aliphatic hydroxyl groups is 1. The molecule has 9 heteroatoms. The first kappa shape index (κ1) is 25.0. The number of nitrogens with one attached hydrogen (secondary N) is 1. The van der Waals surface area contributed by atoms with Gasteiger partial charge in [-0.05, 0) is 57.7 Å². The summed E-state index contributed by atoms with van der Waals surface area (Å²) in [6.45, 7) is 1.15. The molecule has 0 bridgehead atoms. The molecule has 3 aromatic carbocycles. The van der Waals surface area contributed by atoms with E-state index in [9.17, 15) is 18.3 Å². The van der Waals surface area contributed by atoms with Gasteiger partial charge in [0.15, 0.2) is 0 Å². The highest BCUT2D eigenvalue weighted by molar-refractivity contribution is 9.10. The highest BCUT2D eigenvalue weighted by Gasteiger charge is 2.35. The Kier molecular flexibility index (Phi) is 7.02. The maximum absolute atomic E-state index is 13.9. The lowest BCUT2D eigenvalue weighted by molar-refractivity contribution is -0.139. The monoisotopic (exact) mass is 545 g/mol. The van der Waals surface area contributed by atoms with Gasteiger partial charge in [-0.15, -0.1) is 0 Å². The second-order valence-corrected chi connectivity index (χ2v) is 9.18. The summed E-state index contributed by atoms with van der Waals surface area (Å²) in [5.74, 6) is -0.0333. The van der Waals surface area contributed by atoms with E-state index >= 15 is 0 Å². The lowest BCUT2D eigenvalue weighted by Gasteiger charge is -2.18. The van der Waals surface area contributed by atoms with Gasteiger partial charge in [-0.25, -0.2) is 4.98 Å². The molecule has 0 aliphatic rings. The smallest absolute Gasteiger partial charge is 0.419 e. The van der Waals surface area contributed by atoms with Crippen molar-refractivity contribution in [3.63, 3.8) is 0 Å². The number of nitrogens with two attached hydrogens (primary N) is 1. The molecule has 0 spiro atoms. The van der Waals surface area contributed by atoms with Crippen LogP contribution in [-0.2, 0) is 18.3 Å². The third kappa shape index (κ3) is 5.58. The molecule has 0 aliphatic carbocycles. The van der Waals surface area contributed by atoms with Crippen LogP contribution in [0, 0.1) is 0 Å². The predicted molar refractivity (Wildman–Crippen MR) is 132 cm³/mol. The van der Waals surface area contributed by atoms with Crippen molar-refractivity contribution in [3.05, 3.63) is 94.4 Å². The van der Waals surface area contributed by atoms with Gasteiger partial charge in [0.05, 0.1) is 17.7 Å². The van der Waals surface area contributed by atoms with Crippen molar-refractivity contribution < 1.29 is 23.0 Å². The number of aromatic nitrogens is 2. The van der Waals surface area contributed by atoms with Crippen LogP contribution < -0.4 is 10.5 Å². The number of nitrogens with zero attached hydrogens (tertiary/aromatic N) is 1. The van der Waals surface area contributed by atoms with Gasteiger partial charge in [-0.3, -0.25) is 0 Å². The van der Waals surface area contributed by atoms with E-state index in [-0.39, 0.29) is 36.0 Å². The third-order valence-corrected chi connectivity index (χ3v) is 6.12. The molecule has 4 N–H and O–H groups in total. The molecule has 182 valence electrons. The number of rotatable bonds is 7. The van der Waals surface area contributed by atoms with Crippen molar-refractivity contribution in [1.29, 1.82) is 0 Å². The molecule has 35 heavy (non-hydrogen) atoms. The summed E-state index contributed by atoms with van der Waals surface area (Å²) in [7, 11) is 0. The minimum atomic E-state index is -4.64. The number of halogens is 4. The van der Waals surface area contributed by atoms with E-state index in [1.54, 1.807) is 6.92 Å². The van der Waals surface area contributed by atoms with E-state index < -0.39 is 17.3 Å². The molecule has 1 aromatic heterocycles. The molecular weight excluding hydrogens is 523 g/mol. The fourth-order valence-corrected chi connectivity index (χ4v) is 4.00. The quantitative estimate of drug-likeness (QED) is 0.255. The summed E-state index contributed by atoms with van der Waals surface area (Å²) < 4.78 is 47.6. The number of aliphatic hydroxyl groups excluding tert-OH is 1. The lowest BCUT2D eigenvalue weighted by atomic mass is 10.0. The van der Waals surface area contributed by atoms with Crippen LogP contribution in [-0.4, -0.2) is 21.7 Å². The first-order valence-electron chi connectivity index (χ1n) is 10.7. The molecule has 4 aromatic rings. The number of hydrogen-bond donors (Lipinski definition) is 3. The fourth-order valence-electron chi connectivity index (χ4n) is 3.50. The predicted octanol–water partition coefficient (Wildman–Crippen LogP) is 6.27. The van der Waals surface area contributed by atoms with Crippen LogP contribution in [0.4, 0.5) is 13.2 Å². The Morgan fingerprint density at radius 3 is 2.23 bits per heavy atom. The van der Waals surface area contributed by atoms with Crippen molar-refractivity contribution in [2.24, 2.45) is 5.73 Å². The first-order valence-corrected chi connectivity index (χ1v) is 11.5. The Morgan fingerprint density at radius 2 is 1.60 bits per heavy atom. The number of aromatic amines is 1. The average molecular weight is 546 g/mol. The van der Waals surface area contributed by atoms with E-state index in [0.29, 0.717) is 4.60 Å². The normalized spacial score (nSPS) is 13.5. The van der Waals surface area contributed by atoms with Gasteiger partial charge in [0, 0.05) is 5.56 Å². The van der Waals surface area contributed by atoms with Crippen molar-refractivity contribution in [2.75, 3.05) is 6.61 Å². The molecule has 0 fully saturated rings. The van der Waals surface area contributed by atoms with Crippen molar-refractivity contribution in [1.82, 2.24) is 9.97 Å². The van der Waals surface area contributed by atoms with Crippen molar-refractivity contribution in [2.45, 2.75) is 25.2 Å². The minimum Gasteiger partial charge on any atom is -0.488 e. The number of H-pyrrole nitrogens is 1. The third-order valence-electron chi connectivity index (χ3n) is 5.54. The topological polar surface area (TPSA) is 84.2 Å². The van der Waals surface area contributed by atoms with Crippen LogP contribution in [0.15, 0.2) is 77.4 Å². The van der Waals surface area contributed by atoms with Crippen LogP contribution in [0.5, 0.6) is 5.75 Å². The molecule has 0 amide bonds. The largest absolute Gasteiger partial charge is 0.488 e. The second kappa shape index (κ2) is 9.85. The van der Waals surface area contributed by atoms with Crippen molar-refractivity contribution >= 4 is 15.9 Å². The lowest BCUT2D eigenvalue weighted by Crippen LogP contribution is -2.38. The van der Waals surface area contributed by atoms with E-state index in [1.807, 2.05) is 54.6 Å². The summed E-state index contributed by atoms with van der Waals surface area (Å²) >= 11 is 3.29. The zero-order valence-electron chi connectivity index (χ0n) is 18.7. The number of ether oxygens (including phenoxy) is 1. The zero-order valence-corrected chi connectivity index (χ0v) is 20.3. The van der Waals surface area contributed by atoms with E-state index in [4.69, 9.17) is 10.5 Å². The maximum Gasteiger partial charge on any atom is 0.419 e. The summed E-state index contributed by atoms with van der Waals surface area (Å²) in [5.41, 5.74) is 7.18. The van der Waals surface area contributed by atoms with Gasteiger partial charge in [0.1, 0.15) is 28.5 Å². The Morgan fingerprint density at radius 1 is 0.971 bits per heavy atom. The van der Waals surface area contributed by atoms with Gasteiger partial charge in [0.25, 0.3) is 0 Å². The summed E-state index contributed by atoms with van der Waals surface area (Å²) in [6.07, 6.45) is -4.64. The number of hydrogen-bond acceptors (Lipinski definition) is 4. The van der Waals surface area contributed by atoms with E-state index in [1.165, 1.54) is 12.1 Å². The summed E-state index contributed by atoms with van der Waals surface area (Å²) in [6, 6.07) is 21.0. The van der Waals surface area contributed by atoms with Crippen LogP contribution in [0.25, 0.3) is 22.4 Å². The van der Waals surface area contributed by atoms with Crippen LogP contribution in [0.1, 0.15) is 23.9 Å². The van der Waals surface area contributed by atoms with Crippen LogP contribution in [0.2, 0.25) is 0 Å². The minimum absolute atomic E-state index is 0.0181. The van der Waals surface area contributed by atoms with E-state index in [0.717, 1.165) is 22.8 Å². The first-order chi connectivity index (χ1) is 16.6. The van der Waals surface area contributed by atoms with Crippen LogP contribution in [0.3, 0.4) is 0 Å². The fraction of sp³-hybridized carbons (Fsp3) is 0.192. The molecule has 4 rings (SSSR count). The van der Waals surface area contributed by atoms with Gasteiger partial charge in [0.2, 0.25) is 0 Å². The zero-order chi connectivity index (χ0) is 25.2. The molecule has 5 nitrogen and oxygen atoms in total. The van der Waals surface area contributed by atoms with Crippen molar-refractivity contribution in [3.8, 4) is 28.1 Å². The summed E-state index contributed by atoms with van der Waals surface area (Å²) in [4.78, 5) is 7.18. The number of alkyl halides is 3. The number of benzene rings is 3. The van der Waals surface area contributed by atoms with Gasteiger partial charge < -0.3 is 20.6 Å². The van der Waals surface area contributed by atoms with Gasteiger partial charge in [-0.1, -0.05) is 54.6 Å². The molecular formula is C26H23BrF3N3O2. The molecule has 0 saturated carbocycles. The molecule has 0 saturated heterocycles. The Bertz CT molecular complexity index is 1300. The molecule has 1 atom stereocenters. The SMILES string of the molecule is C[C@](N)(CO)c1nc(-c2ccc(OCc3ccc(-c4ccccc4)cc3)c(C(F)(F)F)c2)c(Br)[nH]1. The molecule has 0 radical (unpaired) electrons. The van der Waals surface area contributed by atoms with E-state index in [2.05, 4.69) is 25.9 Å². The average Bonchev–Trinajstić information content (AvgIpc) is 3.25. The number of imidazole rings is 1. The Labute approximate surface area is 208 Å². The van der Waals surface area contributed by atoms with Gasteiger partial charge >= 0.3 is 6.18 Å². The summed E-state index contributed by atoms with van der Waals surface area (Å²) in [5, 5.41) is 9.47. The Hall–Kier alpha value is -3.14. The van der Waals surface area contributed by atoms with Crippen LogP contribution >= 0.6 is 15.9 Å². The highest BCUT2D eigenvalue weighted by Crippen LogP contribution is 2.40.